The molecule has 0 spiro atoms. The smallest absolute Gasteiger partial charge is 0.438 e. The second kappa shape index (κ2) is 8.71. The molecule has 0 heterocycles. The van der Waals surface area contributed by atoms with Gasteiger partial charge in [-0.05, 0) is 23.2 Å². The molecule has 0 N–H and O–H groups in total. The highest BCUT2D eigenvalue weighted by atomic mass is 28.4. The normalized spacial score (nSPS) is 11.3. The van der Waals surface area contributed by atoms with Gasteiger partial charge in [0.15, 0.2) is 5.76 Å². The van der Waals surface area contributed by atoms with E-state index in [0.29, 0.717) is 16.6 Å². The third kappa shape index (κ3) is 4.42. The minimum Gasteiger partial charge on any atom is -0.538 e. The Morgan fingerprint density at radius 2 is 1.64 bits per heavy atom. The standard InChI is InChI=1S/C16H28N2O3Si/c1-9-10-20-16(19)15(18-17)14(8)21-22(11(2)3,12(4)5)13(6)7/h9,11-13H,1,8,10H2,2-7H3. The number of nitrogens with zero attached hydrogens (tertiary/aromatic N) is 2. The molecule has 124 valence electrons. The maximum Gasteiger partial charge on any atom is 0.438 e. The molecule has 0 radical (unpaired) electrons. The van der Waals surface area contributed by atoms with E-state index in [9.17, 15) is 4.79 Å². The van der Waals surface area contributed by atoms with Gasteiger partial charge in [0.2, 0.25) is 0 Å². The summed E-state index contributed by atoms with van der Waals surface area (Å²) in [6.07, 6.45) is 1.44. The van der Waals surface area contributed by atoms with Crippen LogP contribution in [0.5, 0.6) is 0 Å². The average molecular weight is 324 g/mol. The van der Waals surface area contributed by atoms with Gasteiger partial charge in [-0.15, -0.1) is 0 Å². The Kier molecular flexibility index (Phi) is 8.05. The summed E-state index contributed by atoms with van der Waals surface area (Å²) in [6, 6.07) is 0. The zero-order valence-electron chi connectivity index (χ0n) is 14.5. The van der Waals surface area contributed by atoms with E-state index in [1.54, 1.807) is 0 Å². The molecule has 0 rings (SSSR count). The van der Waals surface area contributed by atoms with Gasteiger partial charge in [-0.2, -0.15) is 4.79 Å². The van der Waals surface area contributed by atoms with Gasteiger partial charge in [-0.3, -0.25) is 0 Å². The molecule has 0 aromatic carbocycles. The van der Waals surface area contributed by atoms with E-state index >= 15 is 0 Å². The van der Waals surface area contributed by atoms with Gasteiger partial charge in [0.1, 0.15) is 6.61 Å². The summed E-state index contributed by atoms with van der Waals surface area (Å²) in [4.78, 5) is 14.9. The summed E-state index contributed by atoms with van der Waals surface area (Å²) in [5.41, 5.74) is 9.76. The quantitative estimate of drug-likeness (QED) is 0.122. The number of hydrogen-bond donors (Lipinski definition) is 0. The van der Waals surface area contributed by atoms with Crippen molar-refractivity contribution in [1.82, 2.24) is 0 Å². The van der Waals surface area contributed by atoms with Crippen molar-refractivity contribution in [3.05, 3.63) is 30.5 Å². The zero-order chi connectivity index (χ0) is 17.5. The Labute approximate surface area is 134 Å². The molecule has 0 amide bonds. The van der Waals surface area contributed by atoms with Gasteiger partial charge in [0, 0.05) is 0 Å². The molecule has 0 aliphatic heterocycles. The molecule has 0 aliphatic carbocycles. The van der Waals surface area contributed by atoms with Crippen LogP contribution in [0, 0.1) is 0 Å². The van der Waals surface area contributed by atoms with E-state index in [-0.39, 0.29) is 18.1 Å². The molecule has 0 saturated heterocycles. The average Bonchev–Trinajstić information content (AvgIpc) is 2.41. The summed E-state index contributed by atoms with van der Waals surface area (Å²) in [7, 11) is -2.27. The van der Waals surface area contributed by atoms with Crippen LogP contribution in [0.15, 0.2) is 25.0 Å². The molecule has 6 heteroatoms. The van der Waals surface area contributed by atoms with Crippen molar-refractivity contribution in [2.45, 2.75) is 58.2 Å². The number of rotatable bonds is 9. The number of carbonyl (C=O) groups excluding carboxylic acids is 1. The number of hydrogen-bond acceptors (Lipinski definition) is 3. The van der Waals surface area contributed by atoms with E-state index in [0.717, 1.165) is 0 Å². The van der Waals surface area contributed by atoms with Crippen LogP contribution in [-0.4, -0.2) is 31.4 Å². The first kappa shape index (κ1) is 20.3. The molecule has 0 bridgehead atoms. The topological polar surface area (TPSA) is 71.9 Å². The zero-order valence-corrected chi connectivity index (χ0v) is 15.5. The number of carbonyl (C=O) groups is 1. The van der Waals surface area contributed by atoms with Gasteiger partial charge in [-0.25, -0.2) is 4.79 Å². The first-order valence-electron chi connectivity index (χ1n) is 7.53. The van der Waals surface area contributed by atoms with E-state index in [4.69, 9.17) is 14.7 Å². The van der Waals surface area contributed by atoms with Crippen LogP contribution in [0.25, 0.3) is 5.53 Å². The minimum atomic E-state index is -2.27. The predicted octanol–water partition coefficient (Wildman–Crippen LogP) is 4.09. The van der Waals surface area contributed by atoms with E-state index in [1.807, 2.05) is 0 Å². The predicted molar refractivity (Wildman–Crippen MR) is 91.1 cm³/mol. The lowest BCUT2D eigenvalue weighted by Crippen LogP contribution is -2.48. The molecule has 0 fully saturated rings. The maximum atomic E-state index is 11.9. The number of esters is 1. The molecule has 0 aliphatic rings. The Morgan fingerprint density at radius 1 is 1.18 bits per heavy atom. The van der Waals surface area contributed by atoms with Crippen LogP contribution >= 0.6 is 0 Å². The summed E-state index contributed by atoms with van der Waals surface area (Å²) in [5.74, 6) is -0.703. The Bertz CT molecular complexity index is 456. The third-order valence-corrected chi connectivity index (χ3v) is 9.91. The summed E-state index contributed by atoms with van der Waals surface area (Å²) in [6.45, 7) is 20.0. The van der Waals surface area contributed by atoms with Crippen LogP contribution < -0.4 is 0 Å². The third-order valence-electron chi connectivity index (χ3n) is 3.90. The molecular weight excluding hydrogens is 296 g/mol. The van der Waals surface area contributed by atoms with Crippen LogP contribution in [0.2, 0.25) is 16.6 Å². The fourth-order valence-electron chi connectivity index (χ4n) is 3.03. The first-order chi connectivity index (χ1) is 10.1. The van der Waals surface area contributed by atoms with Gasteiger partial charge in [0.25, 0.3) is 8.32 Å². The number of ether oxygens (including phenoxy) is 1. The molecule has 0 saturated carbocycles. The van der Waals surface area contributed by atoms with Gasteiger partial charge in [-0.1, -0.05) is 54.2 Å². The van der Waals surface area contributed by atoms with E-state index in [2.05, 4.69) is 59.5 Å². The highest BCUT2D eigenvalue weighted by Gasteiger charge is 2.49. The van der Waals surface area contributed by atoms with Crippen LogP contribution in [0.4, 0.5) is 0 Å². The summed E-state index contributed by atoms with van der Waals surface area (Å²) >= 11 is 0. The largest absolute Gasteiger partial charge is 0.538 e. The molecule has 5 nitrogen and oxygen atoms in total. The SMILES string of the molecule is C=CCOC(=O)C(=[N+]=[N-])C(=C)O[Si](C(C)C)(C(C)C)C(C)C. The Morgan fingerprint density at radius 3 is 1.95 bits per heavy atom. The lowest BCUT2D eigenvalue weighted by Gasteiger charge is -2.41. The monoisotopic (exact) mass is 324 g/mol. The van der Waals surface area contributed by atoms with Gasteiger partial charge in [0.05, 0.1) is 0 Å². The van der Waals surface area contributed by atoms with Crippen molar-refractivity contribution in [1.29, 1.82) is 0 Å². The molecule has 22 heavy (non-hydrogen) atoms. The lowest BCUT2D eigenvalue weighted by molar-refractivity contribution is -0.139. The molecular formula is C16H28N2O3Si. The minimum absolute atomic E-state index is 0.0340. The summed E-state index contributed by atoms with van der Waals surface area (Å²) in [5, 5.41) is 0. The van der Waals surface area contributed by atoms with Crippen molar-refractivity contribution in [3.63, 3.8) is 0 Å². The van der Waals surface area contributed by atoms with Crippen LogP contribution in [0.3, 0.4) is 0 Å². The Balaban J connectivity index is 5.47. The maximum absolute atomic E-state index is 11.9. The van der Waals surface area contributed by atoms with Gasteiger partial charge >= 0.3 is 11.7 Å². The molecule has 0 aromatic heterocycles. The summed E-state index contributed by atoms with van der Waals surface area (Å²) < 4.78 is 11.1. The van der Waals surface area contributed by atoms with Crippen LogP contribution in [0.1, 0.15) is 41.5 Å². The highest BCUT2D eigenvalue weighted by molar-refractivity contribution is 6.78. The van der Waals surface area contributed by atoms with Crippen molar-refractivity contribution in [3.8, 4) is 0 Å². The van der Waals surface area contributed by atoms with Gasteiger partial charge < -0.3 is 14.7 Å². The van der Waals surface area contributed by atoms with Crippen molar-refractivity contribution in [2.24, 2.45) is 0 Å². The van der Waals surface area contributed by atoms with Crippen LogP contribution in [-0.2, 0) is 14.0 Å². The Hall–Kier alpha value is -1.65. The second-order valence-corrected chi connectivity index (χ2v) is 11.6. The van der Waals surface area contributed by atoms with E-state index < -0.39 is 14.3 Å². The van der Waals surface area contributed by atoms with Crippen molar-refractivity contribution >= 4 is 20.0 Å². The molecule has 0 unspecified atom stereocenters. The van der Waals surface area contributed by atoms with Crippen molar-refractivity contribution < 1.29 is 18.7 Å². The lowest BCUT2D eigenvalue weighted by atomic mass is 10.3. The highest BCUT2D eigenvalue weighted by Crippen LogP contribution is 2.43. The second-order valence-electron chi connectivity index (χ2n) is 6.18. The first-order valence-corrected chi connectivity index (χ1v) is 9.67. The fourth-order valence-corrected chi connectivity index (χ4v) is 8.26. The molecule has 0 aromatic rings. The van der Waals surface area contributed by atoms with E-state index in [1.165, 1.54) is 6.08 Å². The fraction of sp³-hybridized carbons (Fsp3) is 0.625. The van der Waals surface area contributed by atoms with Crippen molar-refractivity contribution in [2.75, 3.05) is 6.61 Å². The molecule has 0 atom stereocenters.